The topological polar surface area (TPSA) is 119 Å². The van der Waals surface area contributed by atoms with Crippen molar-refractivity contribution in [2.24, 2.45) is 11.8 Å². The van der Waals surface area contributed by atoms with Gasteiger partial charge in [0.25, 0.3) is 0 Å². The molecule has 0 bridgehead atoms. The Morgan fingerprint density at radius 2 is 0.971 bits per heavy atom. The second-order valence-corrected chi connectivity index (χ2v) is 9.70. The highest BCUT2D eigenvalue weighted by molar-refractivity contribution is 7.99. The fourth-order valence-corrected chi connectivity index (χ4v) is 5.17. The van der Waals surface area contributed by atoms with E-state index < -0.39 is 52.3 Å². The van der Waals surface area contributed by atoms with Crippen molar-refractivity contribution in [2.45, 2.75) is 0 Å². The molecule has 0 saturated heterocycles. The lowest BCUT2D eigenvalue weighted by Crippen LogP contribution is -2.27. The van der Waals surface area contributed by atoms with Gasteiger partial charge in [-0.15, -0.1) is 0 Å². The van der Waals surface area contributed by atoms with E-state index in [0.29, 0.717) is 0 Å². The van der Waals surface area contributed by atoms with E-state index in [1.165, 1.54) is 59.9 Å². The molecule has 0 radical (unpaired) electrons. The molecular formula is C25H18O7S2. The van der Waals surface area contributed by atoms with Crippen LogP contribution in [0.25, 0.3) is 0 Å². The van der Waals surface area contributed by atoms with Gasteiger partial charge in [0.05, 0.1) is 11.5 Å². The van der Waals surface area contributed by atoms with E-state index in [9.17, 15) is 33.6 Å². The van der Waals surface area contributed by atoms with E-state index in [1.54, 1.807) is 12.5 Å². The van der Waals surface area contributed by atoms with Gasteiger partial charge in [0.15, 0.2) is 40.5 Å². The highest BCUT2D eigenvalue weighted by atomic mass is 32.2. The van der Waals surface area contributed by atoms with Crippen LogP contribution in [0.2, 0.25) is 0 Å². The molecule has 34 heavy (non-hydrogen) atoms. The summed E-state index contributed by atoms with van der Waals surface area (Å²) in [6.07, 6.45) is 3.39. The lowest BCUT2D eigenvalue weighted by atomic mass is 9.96. The van der Waals surface area contributed by atoms with Crippen molar-refractivity contribution in [1.29, 1.82) is 0 Å². The second kappa shape index (κ2) is 9.23. The fourth-order valence-electron chi connectivity index (χ4n) is 4.27. The van der Waals surface area contributed by atoms with Crippen molar-refractivity contribution in [2.75, 3.05) is 24.0 Å². The lowest BCUT2D eigenvalue weighted by Gasteiger charge is -2.05. The van der Waals surface area contributed by atoms with E-state index in [4.69, 9.17) is 0 Å². The van der Waals surface area contributed by atoms with Gasteiger partial charge in [-0.1, -0.05) is 12.1 Å². The molecule has 0 saturated carbocycles. The molecule has 2 aliphatic rings. The maximum atomic E-state index is 13.1. The molecule has 0 fully saturated rings. The highest BCUT2D eigenvalue weighted by Crippen LogP contribution is 2.32. The molecule has 9 heteroatoms. The minimum Gasteiger partial charge on any atom is -0.297 e. The van der Waals surface area contributed by atoms with Gasteiger partial charge in [-0.3, -0.25) is 33.6 Å². The number of fused-ring (bicyclic) bond motifs is 2. The Morgan fingerprint density at radius 1 is 0.618 bits per heavy atom. The SMILES string of the molecule is CSCC(=O)C1C(=O)c2ccc(C(=O)c3ccc4c(c3)C(=O)C(C(=O)CSC)C4=O)cc2C1=O. The van der Waals surface area contributed by atoms with Crippen molar-refractivity contribution < 1.29 is 33.6 Å². The number of benzene rings is 2. The number of thioether (sulfide) groups is 2. The molecule has 2 aromatic rings. The zero-order valence-corrected chi connectivity index (χ0v) is 19.8. The lowest BCUT2D eigenvalue weighted by molar-refractivity contribution is -0.118. The zero-order chi connectivity index (χ0) is 24.7. The van der Waals surface area contributed by atoms with Crippen LogP contribution in [0, 0.1) is 11.8 Å². The van der Waals surface area contributed by atoms with Crippen molar-refractivity contribution in [3.63, 3.8) is 0 Å². The van der Waals surface area contributed by atoms with Gasteiger partial charge in [-0.25, -0.2) is 0 Å². The van der Waals surface area contributed by atoms with Gasteiger partial charge in [-0.05, 0) is 36.8 Å². The number of ketones is 7. The predicted molar refractivity (Wildman–Crippen MR) is 127 cm³/mol. The van der Waals surface area contributed by atoms with Crippen LogP contribution < -0.4 is 0 Å². The molecule has 0 heterocycles. The molecule has 0 amide bonds. The van der Waals surface area contributed by atoms with Gasteiger partial charge in [0, 0.05) is 33.4 Å². The van der Waals surface area contributed by atoms with Crippen molar-refractivity contribution >= 4 is 64.0 Å². The number of hydrogen-bond acceptors (Lipinski definition) is 9. The van der Waals surface area contributed by atoms with E-state index in [1.807, 2.05) is 0 Å². The second-order valence-electron chi connectivity index (χ2n) is 7.97. The van der Waals surface area contributed by atoms with E-state index in [2.05, 4.69) is 0 Å². The normalized spacial score (nSPS) is 18.8. The molecule has 2 aromatic carbocycles. The van der Waals surface area contributed by atoms with Gasteiger partial charge < -0.3 is 0 Å². The summed E-state index contributed by atoms with van der Waals surface area (Å²) in [6, 6.07) is 8.06. The summed E-state index contributed by atoms with van der Waals surface area (Å²) in [6.45, 7) is 0. The highest BCUT2D eigenvalue weighted by Gasteiger charge is 2.44. The molecule has 7 nitrogen and oxygen atoms in total. The first-order valence-electron chi connectivity index (χ1n) is 10.2. The summed E-state index contributed by atoms with van der Waals surface area (Å²) in [4.78, 5) is 88.2. The summed E-state index contributed by atoms with van der Waals surface area (Å²) in [7, 11) is 0. The average molecular weight is 495 g/mol. The van der Waals surface area contributed by atoms with Crippen LogP contribution in [0.1, 0.15) is 57.4 Å². The molecular weight excluding hydrogens is 476 g/mol. The molecule has 4 rings (SSSR count). The van der Waals surface area contributed by atoms with Crippen molar-refractivity contribution in [1.82, 2.24) is 0 Å². The first-order chi connectivity index (χ1) is 16.2. The molecule has 2 atom stereocenters. The monoisotopic (exact) mass is 494 g/mol. The minimum absolute atomic E-state index is 0.0189. The fraction of sp³-hybridized carbons (Fsp3) is 0.240. The van der Waals surface area contributed by atoms with Crippen LogP contribution in [0.4, 0.5) is 0 Å². The Kier molecular flexibility index (Phi) is 6.51. The molecule has 172 valence electrons. The van der Waals surface area contributed by atoms with Crippen LogP contribution in [0.3, 0.4) is 0 Å². The largest absolute Gasteiger partial charge is 0.297 e. The van der Waals surface area contributed by atoms with Gasteiger partial charge >= 0.3 is 0 Å². The third kappa shape index (κ3) is 3.78. The summed E-state index contributed by atoms with van der Waals surface area (Å²) in [5.41, 5.74) is 0.446. The van der Waals surface area contributed by atoms with Gasteiger partial charge in [0.2, 0.25) is 0 Å². The molecule has 0 N–H and O–H groups in total. The van der Waals surface area contributed by atoms with Crippen LogP contribution in [-0.4, -0.2) is 64.5 Å². The van der Waals surface area contributed by atoms with E-state index in [-0.39, 0.29) is 44.9 Å². The average Bonchev–Trinajstić information content (AvgIpc) is 3.22. The van der Waals surface area contributed by atoms with Crippen molar-refractivity contribution in [3.8, 4) is 0 Å². The number of hydrogen-bond donors (Lipinski definition) is 0. The third-order valence-corrected chi connectivity index (χ3v) is 7.04. The predicted octanol–water partition coefficient (Wildman–Crippen LogP) is 2.77. The summed E-state index contributed by atoms with van der Waals surface area (Å²) in [5.74, 6) is -6.56. The molecule has 0 aliphatic heterocycles. The first-order valence-corrected chi connectivity index (χ1v) is 13.0. The first kappa shape index (κ1) is 24.0. The van der Waals surface area contributed by atoms with Crippen LogP contribution in [0.5, 0.6) is 0 Å². The molecule has 0 spiro atoms. The summed E-state index contributed by atoms with van der Waals surface area (Å²) >= 11 is 2.43. The Hall–Kier alpha value is -3.17. The smallest absolute Gasteiger partial charge is 0.193 e. The van der Waals surface area contributed by atoms with Crippen LogP contribution in [-0.2, 0) is 9.59 Å². The Morgan fingerprint density at radius 3 is 1.32 bits per heavy atom. The quantitative estimate of drug-likeness (QED) is 0.403. The zero-order valence-electron chi connectivity index (χ0n) is 18.2. The van der Waals surface area contributed by atoms with Gasteiger partial charge in [0.1, 0.15) is 11.8 Å². The maximum Gasteiger partial charge on any atom is 0.193 e. The molecule has 0 aromatic heterocycles. The summed E-state index contributed by atoms with van der Waals surface area (Å²) in [5, 5.41) is 0. The van der Waals surface area contributed by atoms with E-state index in [0.717, 1.165) is 0 Å². The molecule has 2 aliphatic carbocycles. The number of carbonyl (C=O) groups excluding carboxylic acids is 7. The third-order valence-electron chi connectivity index (χ3n) is 5.89. The van der Waals surface area contributed by atoms with E-state index >= 15 is 0 Å². The standard InChI is InChI=1S/C25H18O7S2/c1-33-9-17(26)19-22(29)13-5-3-11(7-15(13)24(19)31)21(28)12-4-6-14-16(8-12)25(32)20(23(14)30)18(27)10-34-2/h3-8,19-20H,9-10H2,1-2H3. The minimum atomic E-state index is -1.38. The number of rotatable bonds is 8. The van der Waals surface area contributed by atoms with Crippen LogP contribution in [0.15, 0.2) is 36.4 Å². The Balaban J connectivity index is 1.65. The number of carbonyl (C=O) groups is 7. The number of Topliss-reactive ketones (excluding diaryl/α,β-unsaturated/α-hetero) is 6. The Labute approximate surface area is 203 Å². The molecule has 2 unspecified atom stereocenters. The van der Waals surface area contributed by atoms with Crippen molar-refractivity contribution in [3.05, 3.63) is 69.8 Å². The van der Waals surface area contributed by atoms with Gasteiger partial charge in [-0.2, -0.15) is 23.5 Å². The summed E-state index contributed by atoms with van der Waals surface area (Å²) < 4.78 is 0. The van der Waals surface area contributed by atoms with Crippen LogP contribution >= 0.6 is 23.5 Å². The Bertz CT molecular complexity index is 1230. The maximum absolute atomic E-state index is 13.1.